The highest BCUT2D eigenvalue weighted by atomic mass is 32.2. The van der Waals surface area contributed by atoms with Gasteiger partial charge in [-0.25, -0.2) is 14.8 Å². The Balaban J connectivity index is 2.08. The molecule has 1 aromatic rings. The van der Waals surface area contributed by atoms with Gasteiger partial charge in [0.2, 0.25) is 0 Å². The molecule has 1 aliphatic rings. The molecule has 2 rings (SSSR count). The molecule has 0 atom stereocenters. The van der Waals surface area contributed by atoms with Crippen molar-refractivity contribution < 1.29 is 4.79 Å². The van der Waals surface area contributed by atoms with E-state index >= 15 is 0 Å². The Morgan fingerprint density at radius 3 is 2.57 bits per heavy atom. The first-order valence-electron chi connectivity index (χ1n) is 7.48. The molecule has 124 valence electrons. The Morgan fingerprint density at radius 1 is 1.39 bits per heavy atom. The van der Waals surface area contributed by atoms with Crippen LogP contribution in [0.1, 0.15) is 18.4 Å². The van der Waals surface area contributed by atoms with Crippen LogP contribution in [0, 0.1) is 11.3 Å². The number of carbonyl (C=O) groups is 1. The van der Waals surface area contributed by atoms with Gasteiger partial charge in [0.05, 0.1) is 6.20 Å². The molecule has 1 aromatic heterocycles. The Labute approximate surface area is 141 Å². The number of hydrogen-bond donors (Lipinski definition) is 0. The first-order chi connectivity index (χ1) is 11.0. The second-order valence-corrected chi connectivity index (χ2v) is 6.49. The molecule has 0 saturated carbocycles. The van der Waals surface area contributed by atoms with Crippen LogP contribution in [0.4, 0.5) is 10.6 Å². The highest BCUT2D eigenvalue weighted by molar-refractivity contribution is 7.98. The van der Waals surface area contributed by atoms with Gasteiger partial charge in [0.15, 0.2) is 11.0 Å². The third kappa shape index (κ3) is 3.85. The number of piperidine rings is 1. The molecule has 2 amide bonds. The number of nitrogens with zero attached hydrogens (tertiary/aromatic N) is 6. The number of nitriles is 1. The second-order valence-electron chi connectivity index (χ2n) is 5.71. The highest BCUT2D eigenvalue weighted by Gasteiger charge is 2.27. The quantitative estimate of drug-likeness (QED) is 0.618. The average Bonchev–Trinajstić information content (AvgIpc) is 2.59. The summed E-state index contributed by atoms with van der Waals surface area (Å²) in [4.78, 5) is 26.2. The van der Waals surface area contributed by atoms with Crippen LogP contribution in [-0.4, -0.2) is 72.3 Å². The van der Waals surface area contributed by atoms with Crippen LogP contribution in [0.2, 0.25) is 0 Å². The Kier molecular flexibility index (Phi) is 5.66. The van der Waals surface area contributed by atoms with Gasteiger partial charge in [-0.15, -0.1) is 0 Å². The number of anilines is 1. The third-order valence-electron chi connectivity index (χ3n) is 4.05. The average molecular weight is 334 g/mol. The van der Waals surface area contributed by atoms with Gasteiger partial charge in [0.1, 0.15) is 11.6 Å². The molecule has 1 fully saturated rings. The summed E-state index contributed by atoms with van der Waals surface area (Å²) in [7, 11) is 5.37. The zero-order valence-electron chi connectivity index (χ0n) is 14.0. The molecule has 8 heteroatoms. The monoisotopic (exact) mass is 334 g/mol. The molecular formula is C15H22N6OS. The summed E-state index contributed by atoms with van der Waals surface area (Å²) in [5.41, 5.74) is 0.499. The lowest BCUT2D eigenvalue weighted by Gasteiger charge is -2.38. The minimum absolute atomic E-state index is 0.0212. The minimum atomic E-state index is 0.0212. The maximum Gasteiger partial charge on any atom is 0.319 e. The van der Waals surface area contributed by atoms with E-state index in [-0.39, 0.29) is 12.1 Å². The Bertz CT molecular complexity index is 606. The van der Waals surface area contributed by atoms with E-state index < -0.39 is 0 Å². The van der Waals surface area contributed by atoms with E-state index in [0.29, 0.717) is 16.5 Å². The maximum atomic E-state index is 12.0. The topological polar surface area (TPSA) is 76.4 Å². The first-order valence-corrected chi connectivity index (χ1v) is 8.70. The van der Waals surface area contributed by atoms with E-state index in [2.05, 4.69) is 20.9 Å². The summed E-state index contributed by atoms with van der Waals surface area (Å²) in [5, 5.41) is 9.93. The summed E-state index contributed by atoms with van der Waals surface area (Å²) in [6, 6.07) is 2.40. The van der Waals surface area contributed by atoms with E-state index in [0.717, 1.165) is 25.9 Å². The molecule has 0 aromatic carbocycles. The molecule has 2 heterocycles. The molecule has 0 radical (unpaired) electrons. The molecule has 0 bridgehead atoms. The highest BCUT2D eigenvalue weighted by Crippen LogP contribution is 2.25. The number of amides is 2. The third-order valence-corrected chi connectivity index (χ3v) is 4.61. The summed E-state index contributed by atoms with van der Waals surface area (Å²) in [6.45, 7) is 1.55. The standard InChI is InChI=1S/C15H22N6OS/c1-19(2)15(22)20(3)12-5-7-21(8-6-12)13-11(9-16)10-17-14(18-13)23-4/h10,12H,5-8H2,1-4H3. The van der Waals surface area contributed by atoms with Gasteiger partial charge in [-0.1, -0.05) is 11.8 Å². The fourth-order valence-corrected chi connectivity index (χ4v) is 3.05. The number of rotatable bonds is 3. The van der Waals surface area contributed by atoms with Crippen molar-refractivity contribution in [3.63, 3.8) is 0 Å². The molecule has 0 unspecified atom stereocenters. The molecule has 0 aliphatic carbocycles. The van der Waals surface area contributed by atoms with Crippen LogP contribution < -0.4 is 4.90 Å². The van der Waals surface area contributed by atoms with Crippen molar-refractivity contribution in [2.24, 2.45) is 0 Å². The van der Waals surface area contributed by atoms with Crippen molar-refractivity contribution in [2.75, 3.05) is 45.4 Å². The van der Waals surface area contributed by atoms with Gasteiger partial charge < -0.3 is 14.7 Å². The first kappa shape index (κ1) is 17.3. The van der Waals surface area contributed by atoms with Gasteiger partial charge in [-0.2, -0.15) is 5.26 Å². The lowest BCUT2D eigenvalue weighted by molar-refractivity contribution is 0.155. The minimum Gasteiger partial charge on any atom is -0.355 e. The molecule has 23 heavy (non-hydrogen) atoms. The number of hydrogen-bond acceptors (Lipinski definition) is 6. The number of carbonyl (C=O) groups excluding carboxylic acids is 1. The molecule has 7 nitrogen and oxygen atoms in total. The maximum absolute atomic E-state index is 12.0. The van der Waals surface area contributed by atoms with Crippen LogP contribution in [0.3, 0.4) is 0 Å². The summed E-state index contributed by atoms with van der Waals surface area (Å²) < 4.78 is 0. The number of urea groups is 1. The van der Waals surface area contributed by atoms with Gasteiger partial charge in [0, 0.05) is 40.3 Å². The van der Waals surface area contributed by atoms with Crippen molar-refractivity contribution in [2.45, 2.75) is 24.0 Å². The van der Waals surface area contributed by atoms with E-state index in [9.17, 15) is 10.1 Å². The van der Waals surface area contributed by atoms with Crippen LogP contribution in [0.5, 0.6) is 0 Å². The SMILES string of the molecule is CSc1ncc(C#N)c(N2CCC(N(C)C(=O)N(C)C)CC2)n1. The van der Waals surface area contributed by atoms with Crippen LogP contribution in [0.25, 0.3) is 0 Å². The van der Waals surface area contributed by atoms with Crippen molar-refractivity contribution in [3.8, 4) is 6.07 Å². The second kappa shape index (κ2) is 7.51. The fraction of sp³-hybridized carbons (Fsp3) is 0.600. The van der Waals surface area contributed by atoms with Crippen molar-refractivity contribution in [1.29, 1.82) is 5.26 Å². The molecular weight excluding hydrogens is 312 g/mol. The van der Waals surface area contributed by atoms with Crippen molar-refractivity contribution in [1.82, 2.24) is 19.8 Å². The lowest BCUT2D eigenvalue weighted by atomic mass is 10.0. The zero-order valence-corrected chi connectivity index (χ0v) is 14.8. The normalized spacial score (nSPS) is 15.2. The fourth-order valence-electron chi connectivity index (χ4n) is 2.71. The van der Waals surface area contributed by atoms with Crippen LogP contribution in [-0.2, 0) is 0 Å². The molecule has 0 N–H and O–H groups in total. The Hall–Kier alpha value is -2.01. The predicted molar refractivity (Wildman–Crippen MR) is 90.6 cm³/mol. The van der Waals surface area contributed by atoms with Crippen LogP contribution >= 0.6 is 11.8 Å². The van der Waals surface area contributed by atoms with E-state index in [1.165, 1.54) is 11.8 Å². The Morgan fingerprint density at radius 2 is 2.04 bits per heavy atom. The summed E-state index contributed by atoms with van der Waals surface area (Å²) in [5.74, 6) is 0.701. The number of aromatic nitrogens is 2. The molecule has 1 saturated heterocycles. The molecule has 0 spiro atoms. The largest absolute Gasteiger partial charge is 0.355 e. The predicted octanol–water partition coefficient (Wildman–Crippen LogP) is 1.65. The van der Waals surface area contributed by atoms with Gasteiger partial charge in [-0.05, 0) is 19.1 Å². The van der Waals surface area contributed by atoms with Gasteiger partial charge in [0.25, 0.3) is 0 Å². The smallest absolute Gasteiger partial charge is 0.319 e. The lowest BCUT2D eigenvalue weighted by Crippen LogP contribution is -2.48. The van der Waals surface area contributed by atoms with Gasteiger partial charge in [-0.3, -0.25) is 0 Å². The summed E-state index contributed by atoms with van der Waals surface area (Å²) >= 11 is 1.46. The summed E-state index contributed by atoms with van der Waals surface area (Å²) in [6.07, 6.45) is 5.22. The van der Waals surface area contributed by atoms with Crippen LogP contribution in [0.15, 0.2) is 11.4 Å². The molecule has 1 aliphatic heterocycles. The van der Waals surface area contributed by atoms with E-state index in [1.54, 1.807) is 30.1 Å². The number of thioether (sulfide) groups is 1. The zero-order chi connectivity index (χ0) is 17.0. The van der Waals surface area contributed by atoms with E-state index in [1.807, 2.05) is 13.3 Å². The van der Waals surface area contributed by atoms with Gasteiger partial charge >= 0.3 is 6.03 Å². The van der Waals surface area contributed by atoms with Crippen molar-refractivity contribution >= 4 is 23.6 Å². The van der Waals surface area contributed by atoms with E-state index in [4.69, 9.17) is 0 Å². The van der Waals surface area contributed by atoms with Crippen molar-refractivity contribution in [3.05, 3.63) is 11.8 Å².